The third kappa shape index (κ3) is 1.99. The van der Waals surface area contributed by atoms with Crippen LogP contribution in [0.25, 0.3) is 0 Å². The summed E-state index contributed by atoms with van der Waals surface area (Å²) < 4.78 is 0. The molecule has 0 saturated heterocycles. The second-order valence-electron chi connectivity index (χ2n) is 5.13. The van der Waals surface area contributed by atoms with Gasteiger partial charge in [0.2, 0.25) is 0 Å². The fourth-order valence-electron chi connectivity index (χ4n) is 2.78. The van der Waals surface area contributed by atoms with Gasteiger partial charge in [0.05, 0.1) is 0 Å². The van der Waals surface area contributed by atoms with Gasteiger partial charge in [-0.1, -0.05) is 18.2 Å². The van der Waals surface area contributed by atoms with Crippen LogP contribution < -0.4 is 5.73 Å². The van der Waals surface area contributed by atoms with E-state index in [1.807, 2.05) is 6.07 Å². The minimum absolute atomic E-state index is 0.662. The van der Waals surface area contributed by atoms with E-state index in [1.54, 1.807) is 6.20 Å². The monoisotopic (exact) mass is 238 g/mol. The van der Waals surface area contributed by atoms with Crippen LogP contribution in [0.15, 0.2) is 30.5 Å². The van der Waals surface area contributed by atoms with Crippen molar-refractivity contribution in [1.29, 1.82) is 0 Å². The molecule has 0 fully saturated rings. The molecule has 18 heavy (non-hydrogen) atoms. The molecule has 2 N–H and O–H groups in total. The Hall–Kier alpha value is -1.83. The number of rotatable bonds is 2. The number of hydrogen-bond acceptors (Lipinski definition) is 2. The molecular weight excluding hydrogens is 220 g/mol. The average molecular weight is 238 g/mol. The lowest BCUT2D eigenvalue weighted by atomic mass is 9.98. The Morgan fingerprint density at radius 2 is 2.00 bits per heavy atom. The number of pyridine rings is 1. The molecule has 1 aliphatic carbocycles. The van der Waals surface area contributed by atoms with Gasteiger partial charge in [0, 0.05) is 18.2 Å². The Kier molecular flexibility index (Phi) is 2.78. The molecule has 1 heterocycles. The maximum Gasteiger partial charge on any atom is 0.127 e. The van der Waals surface area contributed by atoms with Gasteiger partial charge in [-0.05, 0) is 54.5 Å². The number of nitrogens with two attached hydrogens (primary N) is 1. The van der Waals surface area contributed by atoms with Crippen LogP contribution >= 0.6 is 0 Å². The van der Waals surface area contributed by atoms with Gasteiger partial charge in [-0.3, -0.25) is 0 Å². The fourth-order valence-corrected chi connectivity index (χ4v) is 2.78. The van der Waals surface area contributed by atoms with E-state index in [9.17, 15) is 0 Å². The van der Waals surface area contributed by atoms with Gasteiger partial charge in [0.1, 0.15) is 5.82 Å². The molecule has 1 aliphatic rings. The molecule has 0 atom stereocenters. The molecule has 0 bridgehead atoms. The third-order valence-corrected chi connectivity index (χ3v) is 3.87. The number of anilines is 1. The molecule has 0 amide bonds. The second kappa shape index (κ2) is 4.45. The van der Waals surface area contributed by atoms with Gasteiger partial charge in [-0.15, -0.1) is 0 Å². The largest absolute Gasteiger partial charge is 0.383 e. The van der Waals surface area contributed by atoms with E-state index in [0.717, 1.165) is 12.0 Å². The molecule has 0 aliphatic heterocycles. The molecule has 0 saturated carbocycles. The van der Waals surface area contributed by atoms with Crippen LogP contribution in [-0.2, 0) is 19.3 Å². The normalized spacial score (nSPS) is 13.6. The molecule has 0 spiro atoms. The highest BCUT2D eigenvalue weighted by Gasteiger charge is 2.12. The SMILES string of the molecule is Cc1ccnc(N)c1Cc1ccc2c(c1)CCC2. The summed E-state index contributed by atoms with van der Waals surface area (Å²) in [5.74, 6) is 0.662. The zero-order valence-electron chi connectivity index (χ0n) is 10.7. The number of nitrogen functional groups attached to an aromatic ring is 1. The molecule has 0 unspecified atom stereocenters. The van der Waals surface area contributed by atoms with Crippen molar-refractivity contribution in [3.8, 4) is 0 Å². The number of benzene rings is 1. The molecule has 1 aromatic heterocycles. The number of nitrogens with zero attached hydrogens (tertiary/aromatic N) is 1. The van der Waals surface area contributed by atoms with Crippen LogP contribution in [0.3, 0.4) is 0 Å². The van der Waals surface area contributed by atoms with Crippen LogP contribution in [0, 0.1) is 6.92 Å². The summed E-state index contributed by atoms with van der Waals surface area (Å²) in [5.41, 5.74) is 12.7. The summed E-state index contributed by atoms with van der Waals surface area (Å²) in [6, 6.07) is 8.88. The minimum atomic E-state index is 0.662. The summed E-state index contributed by atoms with van der Waals surface area (Å²) in [7, 11) is 0. The quantitative estimate of drug-likeness (QED) is 0.873. The van der Waals surface area contributed by atoms with Crippen molar-refractivity contribution in [3.63, 3.8) is 0 Å². The number of aromatic nitrogens is 1. The summed E-state index contributed by atoms with van der Waals surface area (Å²) in [6.07, 6.45) is 6.43. The maximum atomic E-state index is 5.97. The lowest BCUT2D eigenvalue weighted by molar-refractivity contribution is 0.911. The van der Waals surface area contributed by atoms with E-state index in [2.05, 4.69) is 30.1 Å². The van der Waals surface area contributed by atoms with Crippen LogP contribution in [0.4, 0.5) is 5.82 Å². The summed E-state index contributed by atoms with van der Waals surface area (Å²) in [5, 5.41) is 0. The first-order valence-electron chi connectivity index (χ1n) is 6.54. The maximum absolute atomic E-state index is 5.97. The molecule has 2 aromatic rings. The van der Waals surface area contributed by atoms with E-state index in [-0.39, 0.29) is 0 Å². The standard InChI is InChI=1S/C16H18N2/c1-11-7-8-18-16(17)15(11)10-12-5-6-13-3-2-4-14(13)9-12/h5-9H,2-4,10H2,1H3,(H2,17,18). The van der Waals surface area contributed by atoms with Crippen molar-refractivity contribution < 1.29 is 0 Å². The van der Waals surface area contributed by atoms with Gasteiger partial charge in [-0.25, -0.2) is 4.98 Å². The molecule has 3 rings (SSSR count). The summed E-state index contributed by atoms with van der Waals surface area (Å²) in [6.45, 7) is 2.10. The lowest BCUT2D eigenvalue weighted by Crippen LogP contribution is -2.01. The second-order valence-corrected chi connectivity index (χ2v) is 5.13. The summed E-state index contributed by atoms with van der Waals surface area (Å²) >= 11 is 0. The van der Waals surface area contributed by atoms with E-state index < -0.39 is 0 Å². The Morgan fingerprint density at radius 1 is 1.17 bits per heavy atom. The first-order chi connectivity index (χ1) is 8.74. The number of aryl methyl sites for hydroxylation is 3. The molecule has 0 radical (unpaired) electrons. The van der Waals surface area contributed by atoms with Crippen LogP contribution in [-0.4, -0.2) is 4.98 Å². The predicted octanol–water partition coefficient (Wildman–Crippen LogP) is 3.05. The van der Waals surface area contributed by atoms with Gasteiger partial charge in [0.25, 0.3) is 0 Å². The van der Waals surface area contributed by atoms with E-state index in [4.69, 9.17) is 5.73 Å². The molecule has 2 heteroatoms. The highest BCUT2D eigenvalue weighted by molar-refractivity contribution is 5.47. The van der Waals surface area contributed by atoms with Crippen molar-refractivity contribution in [1.82, 2.24) is 4.98 Å². The van der Waals surface area contributed by atoms with Gasteiger partial charge < -0.3 is 5.73 Å². The minimum Gasteiger partial charge on any atom is -0.383 e. The van der Waals surface area contributed by atoms with Crippen molar-refractivity contribution in [3.05, 3.63) is 58.3 Å². The van der Waals surface area contributed by atoms with Crippen LogP contribution in [0.5, 0.6) is 0 Å². The van der Waals surface area contributed by atoms with E-state index in [1.165, 1.54) is 41.5 Å². The molecule has 92 valence electrons. The smallest absolute Gasteiger partial charge is 0.127 e. The highest BCUT2D eigenvalue weighted by atomic mass is 14.8. The first-order valence-corrected chi connectivity index (χ1v) is 6.54. The topological polar surface area (TPSA) is 38.9 Å². The van der Waals surface area contributed by atoms with E-state index >= 15 is 0 Å². The number of fused-ring (bicyclic) bond motifs is 1. The number of hydrogen-bond donors (Lipinski definition) is 1. The average Bonchev–Trinajstić information content (AvgIpc) is 2.81. The Balaban J connectivity index is 1.93. The Bertz CT molecular complexity index is 567. The van der Waals surface area contributed by atoms with Crippen molar-refractivity contribution in [2.24, 2.45) is 0 Å². The van der Waals surface area contributed by atoms with Crippen molar-refractivity contribution in [2.45, 2.75) is 32.6 Å². The molecule has 2 nitrogen and oxygen atoms in total. The zero-order chi connectivity index (χ0) is 12.5. The first kappa shape index (κ1) is 11.3. The van der Waals surface area contributed by atoms with Gasteiger partial charge in [0.15, 0.2) is 0 Å². The zero-order valence-corrected chi connectivity index (χ0v) is 10.7. The van der Waals surface area contributed by atoms with Crippen LogP contribution in [0.2, 0.25) is 0 Å². The molecule has 1 aromatic carbocycles. The van der Waals surface area contributed by atoms with Gasteiger partial charge in [-0.2, -0.15) is 0 Å². The highest BCUT2D eigenvalue weighted by Crippen LogP contribution is 2.25. The lowest BCUT2D eigenvalue weighted by Gasteiger charge is -2.09. The Labute approximate surface area is 108 Å². The van der Waals surface area contributed by atoms with Gasteiger partial charge >= 0.3 is 0 Å². The van der Waals surface area contributed by atoms with Crippen LogP contribution in [0.1, 0.15) is 34.2 Å². The fraction of sp³-hybridized carbons (Fsp3) is 0.312. The summed E-state index contributed by atoms with van der Waals surface area (Å²) in [4.78, 5) is 4.19. The van der Waals surface area contributed by atoms with E-state index in [0.29, 0.717) is 5.82 Å². The third-order valence-electron chi connectivity index (χ3n) is 3.87. The molecular formula is C16H18N2. The predicted molar refractivity (Wildman–Crippen MR) is 74.7 cm³/mol. The Morgan fingerprint density at radius 3 is 2.83 bits per heavy atom. The van der Waals surface area contributed by atoms with Crippen molar-refractivity contribution >= 4 is 5.82 Å². The van der Waals surface area contributed by atoms with Crippen molar-refractivity contribution in [2.75, 3.05) is 5.73 Å².